The summed E-state index contributed by atoms with van der Waals surface area (Å²) in [6.07, 6.45) is 1.20. The zero-order valence-electron chi connectivity index (χ0n) is 7.95. The monoisotopic (exact) mass is 173 g/mol. The number of hydrogen-bond donors (Lipinski definition) is 1. The predicted octanol–water partition coefficient (Wildman–Crippen LogP) is 0.775. The van der Waals surface area contributed by atoms with Crippen LogP contribution in [0.3, 0.4) is 0 Å². The number of hydrogen-bond acceptors (Lipinski definition) is 3. The van der Waals surface area contributed by atoms with Crippen LogP contribution in [0.1, 0.15) is 20.3 Å². The highest BCUT2D eigenvalue weighted by atomic mass is 16.6. The molecule has 0 bridgehead atoms. The van der Waals surface area contributed by atoms with Crippen LogP contribution in [-0.4, -0.2) is 32.0 Å². The van der Waals surface area contributed by atoms with Gasteiger partial charge in [0.25, 0.3) is 0 Å². The van der Waals surface area contributed by atoms with Crippen molar-refractivity contribution in [1.29, 1.82) is 0 Å². The van der Waals surface area contributed by atoms with E-state index in [0.29, 0.717) is 25.7 Å². The van der Waals surface area contributed by atoms with E-state index in [0.717, 1.165) is 6.42 Å². The maximum Gasteiger partial charge on any atom is 0.0962 e. The van der Waals surface area contributed by atoms with Gasteiger partial charge in [-0.2, -0.15) is 0 Å². The summed E-state index contributed by atoms with van der Waals surface area (Å²) in [6, 6.07) is 0.121. The summed E-state index contributed by atoms with van der Waals surface area (Å²) in [7, 11) is 0. The Morgan fingerprint density at radius 1 is 1.50 bits per heavy atom. The molecule has 0 spiro atoms. The van der Waals surface area contributed by atoms with E-state index in [1.165, 1.54) is 0 Å². The predicted molar refractivity (Wildman–Crippen MR) is 48.0 cm³/mol. The van der Waals surface area contributed by atoms with Crippen LogP contribution < -0.4 is 5.73 Å². The van der Waals surface area contributed by atoms with Crippen LogP contribution in [0.25, 0.3) is 0 Å². The molecular formula is C9H19NO2. The van der Waals surface area contributed by atoms with Crippen molar-refractivity contribution in [3.63, 3.8) is 0 Å². The maximum atomic E-state index is 6.00. The third-order valence-electron chi connectivity index (χ3n) is 2.57. The molecule has 2 N–H and O–H groups in total. The van der Waals surface area contributed by atoms with E-state index < -0.39 is 0 Å². The van der Waals surface area contributed by atoms with Gasteiger partial charge in [0.15, 0.2) is 0 Å². The molecule has 3 atom stereocenters. The molecule has 0 aromatic carbocycles. The molecule has 3 heteroatoms. The minimum absolute atomic E-state index is 0.105. The van der Waals surface area contributed by atoms with E-state index in [9.17, 15) is 0 Å². The van der Waals surface area contributed by atoms with Crippen molar-refractivity contribution in [1.82, 2.24) is 0 Å². The highest BCUT2D eigenvalue weighted by molar-refractivity contribution is 4.79. The number of ether oxygens (including phenoxy) is 2. The average molecular weight is 173 g/mol. The summed E-state index contributed by atoms with van der Waals surface area (Å²) >= 11 is 0. The van der Waals surface area contributed by atoms with Gasteiger partial charge in [-0.1, -0.05) is 20.3 Å². The fourth-order valence-corrected chi connectivity index (χ4v) is 1.37. The minimum atomic E-state index is 0.105. The molecule has 12 heavy (non-hydrogen) atoms. The second-order valence-corrected chi connectivity index (χ2v) is 3.45. The Balaban J connectivity index is 2.33. The lowest BCUT2D eigenvalue weighted by atomic mass is 9.95. The van der Waals surface area contributed by atoms with E-state index in [-0.39, 0.29) is 12.1 Å². The van der Waals surface area contributed by atoms with E-state index in [1.807, 2.05) is 0 Å². The molecule has 1 aliphatic rings. The summed E-state index contributed by atoms with van der Waals surface area (Å²) in [5, 5.41) is 0. The number of rotatable bonds is 3. The zero-order valence-corrected chi connectivity index (χ0v) is 7.95. The Labute approximate surface area is 74.2 Å². The topological polar surface area (TPSA) is 44.5 Å². The summed E-state index contributed by atoms with van der Waals surface area (Å²) in [5.41, 5.74) is 6.00. The third kappa shape index (κ3) is 2.44. The highest BCUT2D eigenvalue weighted by Crippen LogP contribution is 2.13. The van der Waals surface area contributed by atoms with Gasteiger partial charge in [0.2, 0.25) is 0 Å². The first-order chi connectivity index (χ1) is 5.75. The molecule has 3 unspecified atom stereocenters. The summed E-state index contributed by atoms with van der Waals surface area (Å²) < 4.78 is 10.8. The lowest BCUT2D eigenvalue weighted by molar-refractivity contribution is -0.103. The minimum Gasteiger partial charge on any atom is -0.376 e. The third-order valence-corrected chi connectivity index (χ3v) is 2.57. The molecule has 1 fully saturated rings. The molecule has 72 valence electrons. The lowest BCUT2D eigenvalue weighted by Gasteiger charge is -2.31. The first kappa shape index (κ1) is 9.96. The smallest absolute Gasteiger partial charge is 0.0962 e. The molecule has 0 radical (unpaired) electrons. The standard InChI is InChI=1S/C9H19NO2/c1-3-7(2)9(10)8-6-11-4-5-12-8/h7-9H,3-6,10H2,1-2H3. The quantitative estimate of drug-likeness (QED) is 0.685. The molecule has 0 aromatic heterocycles. The maximum absolute atomic E-state index is 6.00. The lowest BCUT2D eigenvalue weighted by Crippen LogP contribution is -2.47. The Bertz CT molecular complexity index is 124. The molecule has 1 aliphatic heterocycles. The van der Waals surface area contributed by atoms with E-state index in [1.54, 1.807) is 0 Å². The summed E-state index contributed by atoms with van der Waals surface area (Å²) in [4.78, 5) is 0. The van der Waals surface area contributed by atoms with Gasteiger partial charge in [0.05, 0.1) is 25.9 Å². The van der Waals surface area contributed by atoms with E-state index >= 15 is 0 Å². The molecular weight excluding hydrogens is 154 g/mol. The second-order valence-electron chi connectivity index (χ2n) is 3.45. The van der Waals surface area contributed by atoms with Crippen molar-refractivity contribution in [2.24, 2.45) is 11.7 Å². The molecule has 0 saturated carbocycles. The van der Waals surface area contributed by atoms with Crippen molar-refractivity contribution in [2.45, 2.75) is 32.4 Å². The average Bonchev–Trinajstić information content (AvgIpc) is 2.17. The van der Waals surface area contributed by atoms with Crippen LogP contribution in [0.15, 0.2) is 0 Å². The zero-order chi connectivity index (χ0) is 8.97. The summed E-state index contributed by atoms with van der Waals surface area (Å²) in [5.74, 6) is 0.511. The van der Waals surface area contributed by atoms with Gasteiger partial charge < -0.3 is 15.2 Å². The molecule has 3 nitrogen and oxygen atoms in total. The second kappa shape index (κ2) is 4.80. The molecule has 1 rings (SSSR count). The van der Waals surface area contributed by atoms with Crippen LogP contribution in [0.2, 0.25) is 0 Å². The van der Waals surface area contributed by atoms with Crippen molar-refractivity contribution >= 4 is 0 Å². The van der Waals surface area contributed by atoms with Crippen LogP contribution in [0.4, 0.5) is 0 Å². The molecule has 0 amide bonds. The normalized spacial score (nSPS) is 29.8. The van der Waals surface area contributed by atoms with Crippen LogP contribution in [-0.2, 0) is 9.47 Å². The van der Waals surface area contributed by atoms with Gasteiger partial charge >= 0.3 is 0 Å². The van der Waals surface area contributed by atoms with Crippen molar-refractivity contribution in [2.75, 3.05) is 19.8 Å². The number of nitrogens with two attached hydrogens (primary N) is 1. The van der Waals surface area contributed by atoms with Crippen LogP contribution in [0.5, 0.6) is 0 Å². The largest absolute Gasteiger partial charge is 0.376 e. The van der Waals surface area contributed by atoms with Crippen molar-refractivity contribution in [3.05, 3.63) is 0 Å². The Morgan fingerprint density at radius 3 is 2.75 bits per heavy atom. The van der Waals surface area contributed by atoms with E-state index in [4.69, 9.17) is 15.2 Å². The van der Waals surface area contributed by atoms with Gasteiger partial charge in [-0.3, -0.25) is 0 Å². The van der Waals surface area contributed by atoms with Gasteiger partial charge in [-0.25, -0.2) is 0 Å². The highest BCUT2D eigenvalue weighted by Gasteiger charge is 2.25. The Morgan fingerprint density at radius 2 is 2.25 bits per heavy atom. The summed E-state index contributed by atoms with van der Waals surface area (Å²) in [6.45, 7) is 6.36. The van der Waals surface area contributed by atoms with Gasteiger partial charge in [0, 0.05) is 6.04 Å². The Hall–Kier alpha value is -0.120. The fourth-order valence-electron chi connectivity index (χ4n) is 1.37. The first-order valence-corrected chi connectivity index (χ1v) is 4.70. The SMILES string of the molecule is CCC(C)C(N)C1COCCO1. The molecule has 0 aromatic rings. The van der Waals surface area contributed by atoms with Crippen molar-refractivity contribution < 1.29 is 9.47 Å². The fraction of sp³-hybridized carbons (Fsp3) is 1.00. The first-order valence-electron chi connectivity index (χ1n) is 4.70. The van der Waals surface area contributed by atoms with Gasteiger partial charge in [-0.15, -0.1) is 0 Å². The van der Waals surface area contributed by atoms with Crippen LogP contribution >= 0.6 is 0 Å². The molecule has 1 saturated heterocycles. The van der Waals surface area contributed by atoms with Gasteiger partial charge in [0.1, 0.15) is 0 Å². The molecule has 0 aliphatic carbocycles. The van der Waals surface area contributed by atoms with Crippen LogP contribution in [0, 0.1) is 5.92 Å². The molecule has 1 heterocycles. The Kier molecular flexibility index (Phi) is 3.98. The van der Waals surface area contributed by atoms with Gasteiger partial charge in [-0.05, 0) is 5.92 Å². The van der Waals surface area contributed by atoms with Crippen molar-refractivity contribution in [3.8, 4) is 0 Å². The van der Waals surface area contributed by atoms with E-state index in [2.05, 4.69) is 13.8 Å².